The Bertz CT molecular complexity index is 390. The van der Waals surface area contributed by atoms with Crippen molar-refractivity contribution in [3.63, 3.8) is 0 Å². The Hall–Kier alpha value is -0.0800. The molecular weight excluding hydrogens is 184 g/mol. The summed E-state index contributed by atoms with van der Waals surface area (Å²) in [6, 6.07) is -2.19. The van der Waals surface area contributed by atoms with Gasteiger partial charge in [0.25, 0.3) is 0 Å². The minimum Gasteiger partial charge on any atom is -0.296 e. The van der Waals surface area contributed by atoms with Crippen molar-refractivity contribution in [2.24, 2.45) is 0 Å². The van der Waals surface area contributed by atoms with Crippen LogP contribution in [0.15, 0.2) is 0 Å². The second-order valence-electron chi connectivity index (χ2n) is 4.94. The third kappa shape index (κ3) is 2.07. The first-order chi connectivity index (χ1) is 9.91. The molecule has 0 aromatic carbocycles. The average Bonchev–Trinajstić information content (AvgIpc) is 2.78. The number of hydrogen-bond donors (Lipinski definition) is 0. The van der Waals surface area contributed by atoms with E-state index < -0.39 is 19.7 Å². The average molecular weight is 217 g/mol. The van der Waals surface area contributed by atoms with Gasteiger partial charge in [-0.2, -0.15) is 0 Å². The van der Waals surface area contributed by atoms with Crippen LogP contribution in [0.1, 0.15) is 56.4 Å². The molecule has 0 aromatic heterocycles. The van der Waals surface area contributed by atoms with E-state index in [1.165, 1.54) is 4.90 Å². The summed E-state index contributed by atoms with van der Waals surface area (Å²) in [5, 5.41) is 0. The lowest BCUT2D eigenvalue weighted by Gasteiger charge is -2.43. The molecule has 2 saturated heterocycles. The largest absolute Gasteiger partial charge is 0.296 e. The number of piperidine rings is 1. The summed E-state index contributed by atoms with van der Waals surface area (Å²) in [7, 11) is 0. The predicted molar refractivity (Wildman–Crippen MR) is 65.1 cm³/mol. The van der Waals surface area contributed by atoms with E-state index in [0.29, 0.717) is 12.6 Å². The van der Waals surface area contributed by atoms with Gasteiger partial charge in [0.2, 0.25) is 0 Å². The maximum Gasteiger partial charge on any atom is 0.0462 e. The number of likely N-dealkylation sites (tertiary alicyclic amines) is 2. The normalized spacial score (nSPS) is 43.3. The zero-order valence-electron chi connectivity index (χ0n) is 16.7. The molecule has 0 bridgehead atoms. The van der Waals surface area contributed by atoms with Crippen molar-refractivity contribution in [1.29, 1.82) is 0 Å². The first kappa shape index (κ1) is 5.50. The van der Waals surface area contributed by atoms with Crippen LogP contribution in [-0.2, 0) is 0 Å². The zero-order valence-corrected chi connectivity index (χ0v) is 9.66. The van der Waals surface area contributed by atoms with Gasteiger partial charge >= 0.3 is 0 Å². The molecule has 88 valence electrons. The van der Waals surface area contributed by atoms with Crippen molar-refractivity contribution in [2.45, 2.75) is 71.0 Å². The second-order valence-corrected chi connectivity index (χ2v) is 4.94. The quantitative estimate of drug-likeness (QED) is 0.700. The molecule has 0 saturated carbocycles. The van der Waals surface area contributed by atoms with Gasteiger partial charge in [-0.1, -0.05) is 0 Å². The molecular formula is C13H26N2. The lowest BCUT2D eigenvalue weighted by molar-refractivity contribution is 0.0600. The predicted octanol–water partition coefficient (Wildman–Crippen LogP) is 2.34. The summed E-state index contributed by atoms with van der Waals surface area (Å²) in [6.07, 6.45) is 2.41. The van der Waals surface area contributed by atoms with Crippen LogP contribution in [0.3, 0.4) is 0 Å². The van der Waals surface area contributed by atoms with Gasteiger partial charge < -0.3 is 0 Å². The topological polar surface area (TPSA) is 6.48 Å². The van der Waals surface area contributed by atoms with Crippen molar-refractivity contribution in [3.05, 3.63) is 0 Å². The van der Waals surface area contributed by atoms with Gasteiger partial charge in [-0.3, -0.25) is 9.80 Å². The van der Waals surface area contributed by atoms with Gasteiger partial charge in [-0.05, 0) is 53.4 Å². The Morgan fingerprint density at radius 1 is 1.13 bits per heavy atom. The fourth-order valence-corrected chi connectivity index (χ4v) is 3.14. The molecule has 0 spiro atoms. The number of fused-ring (bicyclic) bond motifs is 1. The highest BCUT2D eigenvalue weighted by Gasteiger charge is 2.41. The van der Waals surface area contributed by atoms with Gasteiger partial charge in [0.05, 0.1) is 0 Å². The van der Waals surface area contributed by atoms with Gasteiger partial charge in [0.1, 0.15) is 0 Å². The van der Waals surface area contributed by atoms with Crippen molar-refractivity contribution in [3.8, 4) is 0 Å². The fourth-order valence-electron chi connectivity index (χ4n) is 3.14. The summed E-state index contributed by atoms with van der Waals surface area (Å²) in [5.74, 6) is 0. The highest BCUT2D eigenvalue weighted by Crippen LogP contribution is 2.32. The lowest BCUT2D eigenvalue weighted by atomic mass is 9.95. The van der Waals surface area contributed by atoms with Gasteiger partial charge in [-0.25, -0.2) is 0 Å². The van der Waals surface area contributed by atoms with E-state index in [4.69, 9.17) is 9.60 Å². The Labute approximate surface area is 104 Å². The van der Waals surface area contributed by atoms with E-state index in [1.807, 2.05) is 0 Å². The standard InChI is InChI=1S/C13H26N2/c1-10(2)14-8-5-6-12-13(14)7-9-15(12)11(3)4/h10-13H,5-9H2,1-4H3/i1D3,2D3,10D. The van der Waals surface area contributed by atoms with Crippen LogP contribution in [0.5, 0.6) is 0 Å². The molecule has 2 nitrogen and oxygen atoms in total. The van der Waals surface area contributed by atoms with Crippen LogP contribution in [0.4, 0.5) is 0 Å². The molecule has 2 heterocycles. The van der Waals surface area contributed by atoms with Crippen molar-refractivity contribution in [1.82, 2.24) is 9.80 Å². The number of nitrogens with zero attached hydrogens (tertiary/aromatic N) is 2. The monoisotopic (exact) mass is 217 g/mol. The van der Waals surface area contributed by atoms with E-state index in [2.05, 4.69) is 18.7 Å². The maximum absolute atomic E-state index is 8.43. The van der Waals surface area contributed by atoms with Crippen molar-refractivity contribution in [2.75, 3.05) is 13.1 Å². The molecule has 2 unspecified atom stereocenters. The summed E-state index contributed by atoms with van der Waals surface area (Å²) in [5.41, 5.74) is 0. The summed E-state index contributed by atoms with van der Waals surface area (Å²) >= 11 is 0. The summed E-state index contributed by atoms with van der Waals surface area (Å²) < 4.78 is 54.6. The smallest absolute Gasteiger partial charge is 0.0462 e. The van der Waals surface area contributed by atoms with E-state index in [-0.39, 0.29) is 12.1 Å². The lowest BCUT2D eigenvalue weighted by Crippen LogP contribution is -2.53. The molecule has 0 N–H and O–H groups in total. The Balaban J connectivity index is 2.38. The van der Waals surface area contributed by atoms with Crippen LogP contribution in [-0.4, -0.2) is 47.0 Å². The third-order valence-electron chi connectivity index (χ3n) is 3.80. The molecule has 0 aromatic rings. The van der Waals surface area contributed by atoms with E-state index >= 15 is 0 Å². The number of hydrogen-bond acceptors (Lipinski definition) is 2. The first-order valence-corrected chi connectivity index (χ1v) is 5.94. The van der Waals surface area contributed by atoms with Crippen LogP contribution in [0, 0.1) is 0 Å². The molecule has 15 heavy (non-hydrogen) atoms. The SMILES string of the molecule is [2H]C([2H])([2H])C([2H])(N1CCCC2C1CCN2C(C)C)C([2H])([2H])[2H]. The highest BCUT2D eigenvalue weighted by atomic mass is 15.3. The van der Waals surface area contributed by atoms with Crippen molar-refractivity contribution >= 4 is 0 Å². The third-order valence-corrected chi connectivity index (χ3v) is 3.80. The van der Waals surface area contributed by atoms with Crippen LogP contribution in [0.25, 0.3) is 0 Å². The summed E-state index contributed by atoms with van der Waals surface area (Å²) in [6.45, 7) is -0.336. The molecule has 2 rings (SSSR count). The molecule has 2 atom stereocenters. The summed E-state index contributed by atoms with van der Waals surface area (Å²) in [4.78, 5) is 3.78. The fraction of sp³-hybridized carbons (Fsp3) is 1.00. The van der Waals surface area contributed by atoms with Gasteiger partial charge in [0.15, 0.2) is 0 Å². The molecule has 2 aliphatic rings. The van der Waals surface area contributed by atoms with Crippen LogP contribution >= 0.6 is 0 Å². The molecule has 0 radical (unpaired) electrons. The van der Waals surface area contributed by atoms with E-state index in [1.54, 1.807) is 0 Å². The zero-order chi connectivity index (χ0) is 16.9. The minimum absolute atomic E-state index is 0.156. The van der Waals surface area contributed by atoms with Gasteiger partial charge in [0, 0.05) is 40.3 Å². The van der Waals surface area contributed by atoms with Crippen LogP contribution in [0.2, 0.25) is 0 Å². The second kappa shape index (κ2) is 4.42. The Kier molecular flexibility index (Phi) is 1.62. The highest BCUT2D eigenvalue weighted by molar-refractivity contribution is 4.98. The molecule has 2 fully saturated rings. The molecule has 2 heteroatoms. The number of rotatable bonds is 2. The van der Waals surface area contributed by atoms with E-state index in [0.717, 1.165) is 25.8 Å². The molecule has 0 amide bonds. The Morgan fingerprint density at radius 3 is 2.53 bits per heavy atom. The van der Waals surface area contributed by atoms with Crippen molar-refractivity contribution < 1.29 is 9.60 Å². The maximum atomic E-state index is 8.43. The first-order valence-electron chi connectivity index (χ1n) is 9.44. The van der Waals surface area contributed by atoms with Gasteiger partial charge in [-0.15, -0.1) is 0 Å². The minimum atomic E-state index is -2.87. The van der Waals surface area contributed by atoms with Crippen LogP contribution < -0.4 is 0 Å². The molecule has 0 aliphatic carbocycles. The van der Waals surface area contributed by atoms with E-state index in [9.17, 15) is 0 Å². The molecule has 2 aliphatic heterocycles. The Morgan fingerprint density at radius 2 is 1.87 bits per heavy atom.